The number of hydrogen-bond acceptors (Lipinski definition) is 6. The van der Waals surface area contributed by atoms with Crippen LogP contribution < -0.4 is 0 Å². The zero-order valence-corrected chi connectivity index (χ0v) is 20.1. The Morgan fingerprint density at radius 1 is 1.14 bits per heavy atom. The first-order valence-electron chi connectivity index (χ1n) is 12.0. The van der Waals surface area contributed by atoms with Gasteiger partial charge in [0, 0.05) is 11.5 Å². The molecule has 192 valence electrons. The monoisotopic (exact) mass is 489 g/mol. The highest BCUT2D eigenvalue weighted by Gasteiger charge is 2.53. The number of nitrogens with zero attached hydrogens (tertiary/aromatic N) is 1. The van der Waals surface area contributed by atoms with Crippen LogP contribution >= 0.6 is 0 Å². The van der Waals surface area contributed by atoms with E-state index in [1.807, 2.05) is 6.08 Å². The second-order valence-corrected chi connectivity index (χ2v) is 10.1. The van der Waals surface area contributed by atoms with Gasteiger partial charge in [0.2, 0.25) is 0 Å². The summed E-state index contributed by atoms with van der Waals surface area (Å²) in [5.41, 5.74) is 1.61. The third-order valence-electron chi connectivity index (χ3n) is 7.96. The lowest BCUT2D eigenvalue weighted by Crippen LogP contribution is -2.59. The van der Waals surface area contributed by atoms with Crippen molar-refractivity contribution in [2.45, 2.75) is 74.8 Å². The van der Waals surface area contributed by atoms with Crippen LogP contribution in [0, 0.1) is 5.92 Å². The van der Waals surface area contributed by atoms with Crippen LogP contribution in [0.4, 0.5) is 0 Å². The van der Waals surface area contributed by atoms with Gasteiger partial charge in [0.15, 0.2) is 5.60 Å². The summed E-state index contributed by atoms with van der Waals surface area (Å²) >= 11 is 0. The van der Waals surface area contributed by atoms with Crippen LogP contribution in [0.1, 0.15) is 61.6 Å². The molecule has 1 saturated heterocycles. The Morgan fingerprint density at radius 3 is 2.37 bits per heavy atom. The summed E-state index contributed by atoms with van der Waals surface area (Å²) in [7, 11) is 2.30. The molecule has 2 bridgehead atoms. The molecule has 5 N–H and O–H groups in total. The lowest BCUT2D eigenvalue weighted by Gasteiger charge is -2.58. The molecule has 2 fully saturated rings. The molecule has 0 spiro atoms. The Balaban J connectivity index is 0.000000228. The summed E-state index contributed by atoms with van der Waals surface area (Å²) < 4.78 is 0. The Kier molecular flexibility index (Phi) is 7.91. The fourth-order valence-electron chi connectivity index (χ4n) is 6.33. The van der Waals surface area contributed by atoms with Crippen LogP contribution in [0.3, 0.4) is 0 Å². The Bertz CT molecular complexity index is 989. The average Bonchev–Trinajstić information content (AvgIpc) is 2.77. The summed E-state index contributed by atoms with van der Waals surface area (Å²) in [5.74, 6) is -3.75. The van der Waals surface area contributed by atoms with Gasteiger partial charge in [0.05, 0.1) is 12.8 Å². The molecule has 3 aliphatic rings. The number of fused-ring (bicyclic) bond motifs is 1. The summed E-state index contributed by atoms with van der Waals surface area (Å²) in [5, 5.41) is 44.3. The van der Waals surface area contributed by atoms with Gasteiger partial charge < -0.3 is 30.4 Å². The van der Waals surface area contributed by atoms with Crippen LogP contribution in [-0.4, -0.2) is 73.6 Å². The van der Waals surface area contributed by atoms with E-state index in [4.69, 9.17) is 20.4 Å². The van der Waals surface area contributed by atoms with Gasteiger partial charge in [-0.25, -0.2) is 4.79 Å². The lowest BCUT2D eigenvalue weighted by atomic mass is 9.52. The van der Waals surface area contributed by atoms with Crippen molar-refractivity contribution in [2.24, 2.45) is 5.92 Å². The van der Waals surface area contributed by atoms with Crippen molar-refractivity contribution >= 4 is 17.9 Å². The van der Waals surface area contributed by atoms with Crippen molar-refractivity contribution in [1.82, 2.24) is 4.90 Å². The minimum Gasteiger partial charge on any atom is -0.508 e. The number of carboxylic acids is 3. The second-order valence-electron chi connectivity index (χ2n) is 10.1. The topological polar surface area (TPSA) is 156 Å². The normalized spacial score (nSPS) is 25.3. The molecule has 0 unspecified atom stereocenters. The molecule has 1 saturated carbocycles. The van der Waals surface area contributed by atoms with E-state index in [1.165, 1.54) is 49.8 Å². The van der Waals surface area contributed by atoms with E-state index in [0.29, 0.717) is 17.2 Å². The lowest BCUT2D eigenvalue weighted by molar-refractivity contribution is -0.170. The maximum atomic E-state index is 10.5. The summed E-state index contributed by atoms with van der Waals surface area (Å²) in [4.78, 5) is 33.1. The predicted molar refractivity (Wildman–Crippen MR) is 127 cm³/mol. The van der Waals surface area contributed by atoms with Crippen molar-refractivity contribution in [3.05, 3.63) is 41.5 Å². The van der Waals surface area contributed by atoms with E-state index in [9.17, 15) is 19.5 Å². The SMILES string of the molecule is C=CCc1cc2c(cc1O)[C@@]13CCCC[C@H]1[C@@H](C2)N(C)CC3.O=C(O)CC(O)(CC(=O)O)C(=O)O. The van der Waals surface area contributed by atoms with E-state index in [2.05, 4.69) is 30.7 Å². The number of likely N-dealkylation sites (tertiary alicyclic amines) is 1. The van der Waals surface area contributed by atoms with Crippen molar-refractivity contribution in [2.75, 3.05) is 13.6 Å². The van der Waals surface area contributed by atoms with Crippen LogP contribution in [0.25, 0.3) is 0 Å². The molecule has 1 heterocycles. The third-order valence-corrected chi connectivity index (χ3v) is 7.96. The summed E-state index contributed by atoms with van der Waals surface area (Å²) in [6.07, 6.45) is 8.19. The second kappa shape index (κ2) is 10.4. The van der Waals surface area contributed by atoms with Gasteiger partial charge in [0.25, 0.3) is 0 Å². The largest absolute Gasteiger partial charge is 0.508 e. The molecule has 9 heteroatoms. The fraction of sp³-hybridized carbons (Fsp3) is 0.577. The van der Waals surface area contributed by atoms with E-state index in [1.54, 1.807) is 0 Å². The number of aromatic hydroxyl groups is 1. The van der Waals surface area contributed by atoms with Crippen LogP contribution in [0.2, 0.25) is 0 Å². The Hall–Kier alpha value is -2.91. The van der Waals surface area contributed by atoms with Gasteiger partial charge in [-0.2, -0.15) is 0 Å². The molecule has 9 nitrogen and oxygen atoms in total. The first-order chi connectivity index (χ1) is 16.4. The first-order valence-corrected chi connectivity index (χ1v) is 12.0. The first kappa shape index (κ1) is 26.7. The molecular formula is C26H35NO8. The molecule has 0 amide bonds. The zero-order chi connectivity index (χ0) is 26.0. The number of likely N-dealkylation sites (N-methyl/N-ethyl adjacent to an activating group) is 1. The highest BCUT2D eigenvalue weighted by atomic mass is 16.4. The van der Waals surface area contributed by atoms with Gasteiger partial charge in [-0.1, -0.05) is 25.0 Å². The number of piperidine rings is 1. The predicted octanol–water partition coefficient (Wildman–Crippen LogP) is 2.56. The van der Waals surface area contributed by atoms with E-state index < -0.39 is 36.4 Å². The molecule has 1 aromatic rings. The highest BCUT2D eigenvalue weighted by molar-refractivity contribution is 5.88. The number of phenols is 1. The van der Waals surface area contributed by atoms with E-state index in [0.717, 1.165) is 24.3 Å². The molecule has 1 aromatic carbocycles. The number of phenolic OH excluding ortho intramolecular Hbond substituents is 1. The Morgan fingerprint density at radius 2 is 1.80 bits per heavy atom. The van der Waals surface area contributed by atoms with Gasteiger partial charge in [0.1, 0.15) is 5.75 Å². The summed E-state index contributed by atoms with van der Waals surface area (Å²) in [6.45, 7) is 5.03. The number of carboxylic acid groups (broad SMARTS) is 3. The number of carbonyl (C=O) groups is 3. The third kappa shape index (κ3) is 5.36. The average molecular weight is 490 g/mol. The standard InChI is InChI=1S/C20H27NO.C6H8O7/c1-3-6-14-11-15-12-18-16-7-4-5-8-20(16,9-10-21(18)2)17(15)13-19(14)22;7-3(8)1-6(13,5(11)12)2-4(9)10/h3,11,13,16,18,22H,1,4-10,12H2,2H3;13H,1-2H2,(H,7,8)(H,9,10)(H,11,12)/t16-,18+,20+;/m0./s1. The molecule has 3 atom stereocenters. The number of aliphatic hydroxyl groups is 1. The van der Waals surface area contributed by atoms with Crippen molar-refractivity contribution in [1.29, 1.82) is 0 Å². The molecule has 2 aliphatic carbocycles. The van der Waals surface area contributed by atoms with Gasteiger partial charge in [-0.05, 0) is 74.4 Å². The quantitative estimate of drug-likeness (QED) is 0.363. The van der Waals surface area contributed by atoms with Crippen molar-refractivity contribution < 1.29 is 39.9 Å². The van der Waals surface area contributed by atoms with Crippen LogP contribution in [0.5, 0.6) is 5.75 Å². The molecule has 0 radical (unpaired) electrons. The molecule has 1 aliphatic heterocycles. The summed E-state index contributed by atoms with van der Waals surface area (Å²) in [6, 6.07) is 5.08. The van der Waals surface area contributed by atoms with Crippen LogP contribution in [-0.2, 0) is 32.6 Å². The van der Waals surface area contributed by atoms with Gasteiger partial charge in [-0.3, -0.25) is 9.59 Å². The van der Waals surface area contributed by atoms with E-state index >= 15 is 0 Å². The number of aliphatic carboxylic acids is 3. The molecule has 4 rings (SSSR count). The maximum absolute atomic E-state index is 10.5. The number of hydrogen-bond donors (Lipinski definition) is 5. The van der Waals surface area contributed by atoms with Crippen molar-refractivity contribution in [3.8, 4) is 5.75 Å². The number of benzene rings is 1. The van der Waals surface area contributed by atoms with Crippen molar-refractivity contribution in [3.63, 3.8) is 0 Å². The minimum atomic E-state index is -2.74. The van der Waals surface area contributed by atoms with E-state index in [-0.39, 0.29) is 0 Å². The highest BCUT2D eigenvalue weighted by Crippen LogP contribution is 2.56. The van der Waals surface area contributed by atoms with Gasteiger partial charge >= 0.3 is 17.9 Å². The molecular weight excluding hydrogens is 454 g/mol. The maximum Gasteiger partial charge on any atom is 0.336 e. The molecule has 0 aromatic heterocycles. The Labute approximate surface area is 204 Å². The fourth-order valence-corrected chi connectivity index (χ4v) is 6.33. The minimum absolute atomic E-state index is 0.340. The van der Waals surface area contributed by atoms with Gasteiger partial charge in [-0.15, -0.1) is 6.58 Å². The number of rotatable bonds is 7. The molecule has 35 heavy (non-hydrogen) atoms. The number of allylic oxidation sites excluding steroid dienone is 1. The van der Waals surface area contributed by atoms with Crippen LogP contribution in [0.15, 0.2) is 24.8 Å². The smallest absolute Gasteiger partial charge is 0.336 e. The zero-order valence-electron chi connectivity index (χ0n) is 20.1.